The Balaban J connectivity index is 2.37. The van der Waals surface area contributed by atoms with E-state index >= 15 is 0 Å². The summed E-state index contributed by atoms with van der Waals surface area (Å²) in [4.78, 5) is 12.4. The second kappa shape index (κ2) is 2.88. The molecule has 0 saturated carbocycles. The number of carbonyl (C=O) groups is 1. The van der Waals surface area contributed by atoms with Gasteiger partial charge in [-0.1, -0.05) is 0 Å². The first-order chi connectivity index (χ1) is 5.81. The summed E-state index contributed by atoms with van der Waals surface area (Å²) < 4.78 is 0. The number of nitrogens with two attached hydrogens (primary N) is 1. The first-order valence-corrected chi connectivity index (χ1v) is 4.76. The number of anilines is 1. The van der Waals surface area contributed by atoms with E-state index in [2.05, 4.69) is 5.32 Å². The van der Waals surface area contributed by atoms with Gasteiger partial charge in [0.2, 0.25) is 5.91 Å². The number of nitrogens with one attached hydrogen (secondary N) is 1. The van der Waals surface area contributed by atoms with E-state index in [0.29, 0.717) is 13.0 Å². The average Bonchev–Trinajstić information content (AvgIpc) is 2.50. The SMILES string of the molecule is NCC1CC(=O)Nc2ccsc21. The third-order valence-corrected chi connectivity index (χ3v) is 3.14. The fraction of sp³-hybridized carbons (Fsp3) is 0.375. The third-order valence-electron chi connectivity index (χ3n) is 2.06. The van der Waals surface area contributed by atoms with Crippen molar-refractivity contribution in [1.29, 1.82) is 0 Å². The molecule has 0 radical (unpaired) electrons. The van der Waals surface area contributed by atoms with Gasteiger partial charge in [0.1, 0.15) is 0 Å². The van der Waals surface area contributed by atoms with E-state index in [0.717, 1.165) is 5.69 Å². The minimum atomic E-state index is 0.0800. The summed E-state index contributed by atoms with van der Waals surface area (Å²) in [6.45, 7) is 0.556. The van der Waals surface area contributed by atoms with Crippen LogP contribution >= 0.6 is 11.3 Å². The minimum absolute atomic E-state index is 0.0800. The maximum Gasteiger partial charge on any atom is 0.225 e. The maximum absolute atomic E-state index is 11.1. The van der Waals surface area contributed by atoms with E-state index in [-0.39, 0.29) is 11.8 Å². The number of thiophene rings is 1. The topological polar surface area (TPSA) is 55.1 Å². The van der Waals surface area contributed by atoms with E-state index in [1.165, 1.54) is 4.88 Å². The summed E-state index contributed by atoms with van der Waals surface area (Å²) in [5.74, 6) is 0.310. The average molecular weight is 182 g/mol. The van der Waals surface area contributed by atoms with Crippen LogP contribution < -0.4 is 11.1 Å². The number of carbonyl (C=O) groups excluding carboxylic acids is 1. The number of hydrogen-bond donors (Lipinski definition) is 2. The van der Waals surface area contributed by atoms with Gasteiger partial charge in [-0.2, -0.15) is 0 Å². The highest BCUT2D eigenvalue weighted by atomic mass is 32.1. The molecule has 64 valence electrons. The first kappa shape index (κ1) is 7.76. The summed E-state index contributed by atoms with van der Waals surface area (Å²) in [7, 11) is 0. The molecule has 1 atom stereocenters. The molecule has 0 bridgehead atoms. The van der Waals surface area contributed by atoms with Crippen molar-refractivity contribution < 1.29 is 4.79 Å². The molecule has 3 N–H and O–H groups in total. The van der Waals surface area contributed by atoms with E-state index in [9.17, 15) is 4.79 Å². The van der Waals surface area contributed by atoms with Crippen LogP contribution in [0.4, 0.5) is 5.69 Å². The first-order valence-electron chi connectivity index (χ1n) is 3.88. The van der Waals surface area contributed by atoms with Crippen LogP contribution in [0.1, 0.15) is 17.2 Å². The Morgan fingerprint density at radius 2 is 2.58 bits per heavy atom. The fourth-order valence-corrected chi connectivity index (χ4v) is 2.42. The van der Waals surface area contributed by atoms with Crippen molar-refractivity contribution in [1.82, 2.24) is 0 Å². The second-order valence-corrected chi connectivity index (χ2v) is 3.83. The molecule has 4 heteroatoms. The quantitative estimate of drug-likeness (QED) is 0.684. The van der Waals surface area contributed by atoms with Gasteiger partial charge in [0.25, 0.3) is 0 Å². The van der Waals surface area contributed by atoms with Crippen LogP contribution in [0, 0.1) is 0 Å². The Morgan fingerprint density at radius 1 is 1.75 bits per heavy atom. The van der Waals surface area contributed by atoms with E-state index in [1.807, 2.05) is 11.4 Å². The Morgan fingerprint density at radius 3 is 3.33 bits per heavy atom. The molecular weight excluding hydrogens is 172 g/mol. The molecule has 1 aliphatic heterocycles. The molecule has 0 spiro atoms. The van der Waals surface area contributed by atoms with Gasteiger partial charge in [-0.25, -0.2) is 0 Å². The minimum Gasteiger partial charge on any atom is -0.330 e. The zero-order valence-corrected chi connectivity index (χ0v) is 7.36. The van der Waals surface area contributed by atoms with Gasteiger partial charge in [-0.15, -0.1) is 11.3 Å². The Kier molecular flexibility index (Phi) is 1.86. The van der Waals surface area contributed by atoms with Gasteiger partial charge in [-0.05, 0) is 11.4 Å². The fourth-order valence-electron chi connectivity index (χ4n) is 1.45. The molecule has 12 heavy (non-hydrogen) atoms. The lowest BCUT2D eigenvalue weighted by molar-refractivity contribution is -0.116. The largest absolute Gasteiger partial charge is 0.330 e. The van der Waals surface area contributed by atoms with E-state index in [4.69, 9.17) is 5.73 Å². The molecular formula is C8H10N2OS. The van der Waals surface area contributed by atoms with Crippen molar-refractivity contribution in [3.05, 3.63) is 16.3 Å². The molecule has 0 aromatic carbocycles. The highest BCUT2D eigenvalue weighted by molar-refractivity contribution is 7.10. The zero-order chi connectivity index (χ0) is 8.55. The lowest BCUT2D eigenvalue weighted by Crippen LogP contribution is -2.25. The number of amides is 1. The summed E-state index contributed by atoms with van der Waals surface area (Å²) in [6, 6.07) is 1.93. The summed E-state index contributed by atoms with van der Waals surface area (Å²) in [5, 5.41) is 4.81. The van der Waals surface area contributed by atoms with Gasteiger partial charge in [0.05, 0.1) is 5.69 Å². The number of rotatable bonds is 1. The zero-order valence-electron chi connectivity index (χ0n) is 6.54. The van der Waals surface area contributed by atoms with Gasteiger partial charge >= 0.3 is 0 Å². The van der Waals surface area contributed by atoms with Crippen LogP contribution in [0.5, 0.6) is 0 Å². The molecule has 1 unspecified atom stereocenters. The van der Waals surface area contributed by atoms with Crippen LogP contribution in [-0.4, -0.2) is 12.5 Å². The monoisotopic (exact) mass is 182 g/mol. The van der Waals surface area contributed by atoms with Crippen molar-refractivity contribution in [2.24, 2.45) is 5.73 Å². The van der Waals surface area contributed by atoms with Gasteiger partial charge < -0.3 is 11.1 Å². The van der Waals surface area contributed by atoms with Crippen LogP contribution in [-0.2, 0) is 4.79 Å². The van der Waals surface area contributed by atoms with Crippen molar-refractivity contribution in [3.63, 3.8) is 0 Å². The molecule has 0 fully saturated rings. The van der Waals surface area contributed by atoms with Crippen LogP contribution in [0.3, 0.4) is 0 Å². The van der Waals surface area contributed by atoms with Crippen LogP contribution in [0.25, 0.3) is 0 Å². The summed E-state index contributed by atoms with van der Waals surface area (Å²) >= 11 is 1.67. The summed E-state index contributed by atoms with van der Waals surface area (Å²) in [6.07, 6.45) is 0.532. The highest BCUT2D eigenvalue weighted by Gasteiger charge is 2.24. The van der Waals surface area contributed by atoms with Crippen molar-refractivity contribution >= 4 is 22.9 Å². The second-order valence-electron chi connectivity index (χ2n) is 2.88. The third kappa shape index (κ3) is 1.13. The van der Waals surface area contributed by atoms with Crippen molar-refractivity contribution in [3.8, 4) is 0 Å². The van der Waals surface area contributed by atoms with Gasteiger partial charge in [0.15, 0.2) is 0 Å². The number of fused-ring (bicyclic) bond motifs is 1. The molecule has 1 aromatic rings. The van der Waals surface area contributed by atoms with Crippen molar-refractivity contribution in [2.45, 2.75) is 12.3 Å². The molecule has 0 aliphatic carbocycles. The molecule has 2 heterocycles. The predicted octanol–water partition coefficient (Wildman–Crippen LogP) is 1.13. The van der Waals surface area contributed by atoms with Crippen LogP contribution in [0.15, 0.2) is 11.4 Å². The molecule has 1 aromatic heterocycles. The lowest BCUT2D eigenvalue weighted by Gasteiger charge is -2.20. The maximum atomic E-state index is 11.1. The molecule has 1 amide bonds. The molecule has 0 saturated heterocycles. The van der Waals surface area contributed by atoms with Gasteiger partial charge in [0, 0.05) is 23.8 Å². The Hall–Kier alpha value is -0.870. The lowest BCUT2D eigenvalue weighted by atomic mass is 9.99. The van der Waals surface area contributed by atoms with Crippen LogP contribution in [0.2, 0.25) is 0 Å². The normalized spacial score (nSPS) is 21.8. The summed E-state index contributed by atoms with van der Waals surface area (Å²) in [5.41, 5.74) is 6.52. The Labute approximate surface area is 74.6 Å². The predicted molar refractivity (Wildman–Crippen MR) is 49.4 cm³/mol. The molecule has 2 rings (SSSR count). The van der Waals surface area contributed by atoms with E-state index in [1.54, 1.807) is 11.3 Å². The van der Waals surface area contributed by atoms with Crippen molar-refractivity contribution in [2.75, 3.05) is 11.9 Å². The molecule has 3 nitrogen and oxygen atoms in total. The smallest absolute Gasteiger partial charge is 0.225 e. The van der Waals surface area contributed by atoms with Gasteiger partial charge in [-0.3, -0.25) is 4.79 Å². The van der Waals surface area contributed by atoms with E-state index < -0.39 is 0 Å². The molecule has 1 aliphatic rings. The highest BCUT2D eigenvalue weighted by Crippen LogP contribution is 2.35. The Bertz CT molecular complexity index is 308. The standard InChI is InChI=1S/C8H10N2OS/c9-4-5-3-7(11)10-6-1-2-12-8(5)6/h1-2,5H,3-4,9H2,(H,10,11). The number of hydrogen-bond acceptors (Lipinski definition) is 3.